The molecular weight excluding hydrogens is 508 g/mol. The number of rotatable bonds is 2. The van der Waals surface area contributed by atoms with Gasteiger partial charge < -0.3 is 9.47 Å². The van der Waals surface area contributed by atoms with Crippen LogP contribution < -0.4 is 9.47 Å². The molecule has 1 aliphatic heterocycles. The highest BCUT2D eigenvalue weighted by atomic mass is 19.1. The first-order chi connectivity index (χ1) is 19.6. The molecule has 5 aromatic carbocycles. The molecule has 0 unspecified atom stereocenters. The van der Waals surface area contributed by atoms with Crippen molar-refractivity contribution in [3.63, 3.8) is 0 Å². The Balaban J connectivity index is 1.35. The van der Waals surface area contributed by atoms with Crippen molar-refractivity contribution in [1.82, 2.24) is 15.0 Å². The smallest absolute Gasteiger partial charge is 0.284 e. The summed E-state index contributed by atoms with van der Waals surface area (Å²) >= 11 is 0. The van der Waals surface area contributed by atoms with Gasteiger partial charge in [-0.3, -0.25) is 0 Å². The lowest BCUT2D eigenvalue weighted by Gasteiger charge is -2.21. The first-order valence-corrected chi connectivity index (χ1v) is 12.7. The molecule has 0 spiro atoms. The molecule has 8 rings (SSSR count). The van der Waals surface area contributed by atoms with Crippen molar-refractivity contribution in [2.45, 2.75) is 0 Å². The van der Waals surface area contributed by atoms with E-state index in [1.807, 2.05) is 91.0 Å². The highest BCUT2D eigenvalue weighted by molar-refractivity contribution is 6.21. The number of aromatic nitrogens is 3. The SMILES string of the molecule is Fc1ccc(-c2c3ccccc3c(-c3ccc4c(c3)Oc3nc5ccccc5nc3O4)c3ccccc23)c(F)n1. The molecule has 2 aromatic heterocycles. The summed E-state index contributed by atoms with van der Waals surface area (Å²) in [5.74, 6) is -0.0512. The molecule has 0 radical (unpaired) electrons. The van der Waals surface area contributed by atoms with Crippen LogP contribution in [0.2, 0.25) is 0 Å². The number of pyridine rings is 1. The molecule has 0 saturated heterocycles. The molecule has 7 aromatic rings. The fourth-order valence-electron chi connectivity index (χ4n) is 5.46. The van der Waals surface area contributed by atoms with Crippen molar-refractivity contribution in [2.75, 3.05) is 0 Å². The van der Waals surface area contributed by atoms with Crippen molar-refractivity contribution >= 4 is 32.6 Å². The molecule has 0 bridgehead atoms. The Morgan fingerprint density at radius 1 is 0.500 bits per heavy atom. The zero-order chi connectivity index (χ0) is 26.8. The van der Waals surface area contributed by atoms with Crippen molar-refractivity contribution in [3.05, 3.63) is 115 Å². The van der Waals surface area contributed by atoms with Crippen LogP contribution in [0.1, 0.15) is 0 Å². The van der Waals surface area contributed by atoms with Crippen LogP contribution in [0.3, 0.4) is 0 Å². The minimum Gasteiger partial charge on any atom is -0.431 e. The zero-order valence-corrected chi connectivity index (χ0v) is 20.7. The molecule has 0 saturated carbocycles. The standard InChI is InChI=1S/C33H17F2N3O2/c34-28-16-14-23(31(35)38-28)30-21-9-3-1-7-19(21)29(20-8-2-4-10-22(20)30)18-13-15-26-27(17-18)40-33-32(39-26)36-24-11-5-6-12-25(24)37-33/h1-17H. The summed E-state index contributed by atoms with van der Waals surface area (Å²) < 4.78 is 41.0. The van der Waals surface area contributed by atoms with Crippen molar-refractivity contribution in [1.29, 1.82) is 0 Å². The molecule has 5 nitrogen and oxygen atoms in total. The quantitative estimate of drug-likeness (QED) is 0.167. The molecule has 0 N–H and O–H groups in total. The Morgan fingerprint density at radius 2 is 1.05 bits per heavy atom. The third kappa shape index (κ3) is 3.41. The minimum atomic E-state index is -0.859. The van der Waals surface area contributed by atoms with Gasteiger partial charge in [0.15, 0.2) is 11.5 Å². The Hall–Kier alpha value is -5.43. The number of hydrogen-bond acceptors (Lipinski definition) is 5. The van der Waals surface area contributed by atoms with Crippen LogP contribution in [0.5, 0.6) is 23.3 Å². The van der Waals surface area contributed by atoms with E-state index in [4.69, 9.17) is 9.47 Å². The van der Waals surface area contributed by atoms with E-state index < -0.39 is 11.9 Å². The van der Waals surface area contributed by atoms with Gasteiger partial charge in [0.05, 0.1) is 11.0 Å². The molecule has 0 atom stereocenters. The van der Waals surface area contributed by atoms with Gasteiger partial charge in [0, 0.05) is 11.1 Å². The van der Waals surface area contributed by atoms with Gasteiger partial charge in [-0.15, -0.1) is 0 Å². The molecule has 1 aliphatic rings. The number of nitrogens with zero attached hydrogens (tertiary/aromatic N) is 3. The average molecular weight is 526 g/mol. The highest BCUT2D eigenvalue weighted by Gasteiger charge is 2.25. The predicted molar refractivity (Wildman–Crippen MR) is 150 cm³/mol. The number of benzene rings is 5. The maximum Gasteiger partial charge on any atom is 0.284 e. The number of hydrogen-bond donors (Lipinski definition) is 0. The van der Waals surface area contributed by atoms with Crippen molar-refractivity contribution in [2.24, 2.45) is 0 Å². The van der Waals surface area contributed by atoms with E-state index in [2.05, 4.69) is 15.0 Å². The third-order valence-corrected chi connectivity index (χ3v) is 7.17. The van der Waals surface area contributed by atoms with Crippen LogP contribution in [0.15, 0.2) is 103 Å². The van der Waals surface area contributed by atoms with Crippen LogP contribution in [0, 0.1) is 11.9 Å². The summed E-state index contributed by atoms with van der Waals surface area (Å²) in [5, 5.41) is 3.45. The Kier molecular flexibility index (Phi) is 4.81. The van der Waals surface area contributed by atoms with Gasteiger partial charge in [0.2, 0.25) is 11.9 Å². The van der Waals surface area contributed by atoms with Gasteiger partial charge in [-0.2, -0.15) is 13.8 Å². The summed E-state index contributed by atoms with van der Waals surface area (Å²) in [6.07, 6.45) is 0. The maximum atomic E-state index is 15.0. The summed E-state index contributed by atoms with van der Waals surface area (Å²) in [5.41, 5.74) is 4.16. The van der Waals surface area contributed by atoms with E-state index in [9.17, 15) is 4.39 Å². The first kappa shape index (κ1) is 22.5. The highest BCUT2D eigenvalue weighted by Crippen LogP contribution is 2.48. The molecule has 3 heterocycles. The van der Waals surface area contributed by atoms with E-state index in [1.165, 1.54) is 12.1 Å². The van der Waals surface area contributed by atoms with Gasteiger partial charge in [0.25, 0.3) is 11.8 Å². The first-order valence-electron chi connectivity index (χ1n) is 12.7. The summed E-state index contributed by atoms with van der Waals surface area (Å²) in [6.45, 7) is 0. The lowest BCUT2D eigenvalue weighted by atomic mass is 9.86. The Morgan fingerprint density at radius 3 is 1.65 bits per heavy atom. The summed E-state index contributed by atoms with van der Waals surface area (Å²) in [4.78, 5) is 12.6. The topological polar surface area (TPSA) is 57.1 Å². The molecule has 190 valence electrons. The molecule has 0 fully saturated rings. The van der Waals surface area contributed by atoms with E-state index in [-0.39, 0.29) is 5.56 Å². The number of halogens is 2. The van der Waals surface area contributed by atoms with E-state index in [0.29, 0.717) is 34.3 Å². The van der Waals surface area contributed by atoms with E-state index in [1.54, 1.807) is 0 Å². The average Bonchev–Trinajstić information content (AvgIpc) is 2.98. The van der Waals surface area contributed by atoms with Crippen LogP contribution in [-0.4, -0.2) is 15.0 Å². The van der Waals surface area contributed by atoms with E-state index >= 15 is 4.39 Å². The van der Waals surface area contributed by atoms with Gasteiger partial charge in [0.1, 0.15) is 0 Å². The van der Waals surface area contributed by atoms with Gasteiger partial charge >= 0.3 is 0 Å². The monoisotopic (exact) mass is 525 g/mol. The largest absolute Gasteiger partial charge is 0.431 e. The zero-order valence-electron chi connectivity index (χ0n) is 20.7. The summed E-state index contributed by atoms with van der Waals surface area (Å²) in [6, 6.07) is 31.5. The molecule has 0 amide bonds. The minimum absolute atomic E-state index is 0.241. The fourth-order valence-corrected chi connectivity index (χ4v) is 5.46. The molecule has 7 heteroatoms. The van der Waals surface area contributed by atoms with Gasteiger partial charge in [-0.05, 0) is 69.1 Å². The Labute approximate surface area is 226 Å². The van der Waals surface area contributed by atoms with Crippen molar-refractivity contribution in [3.8, 4) is 45.5 Å². The summed E-state index contributed by atoms with van der Waals surface area (Å²) in [7, 11) is 0. The number of para-hydroxylation sites is 2. The molecular formula is C33H17F2N3O2. The third-order valence-electron chi connectivity index (χ3n) is 7.17. The maximum absolute atomic E-state index is 15.0. The molecule has 40 heavy (non-hydrogen) atoms. The number of ether oxygens (including phenoxy) is 2. The van der Waals surface area contributed by atoms with Crippen LogP contribution in [0.25, 0.3) is 54.8 Å². The number of fused-ring (bicyclic) bond motifs is 5. The predicted octanol–water partition coefficient (Wildman–Crippen LogP) is 8.84. The Bertz CT molecular complexity index is 2110. The van der Waals surface area contributed by atoms with Gasteiger partial charge in [-0.25, -0.2) is 9.97 Å². The van der Waals surface area contributed by atoms with Crippen LogP contribution in [0.4, 0.5) is 8.78 Å². The second-order valence-corrected chi connectivity index (χ2v) is 9.50. The lowest BCUT2D eigenvalue weighted by Crippen LogP contribution is -2.03. The lowest BCUT2D eigenvalue weighted by molar-refractivity contribution is 0.339. The van der Waals surface area contributed by atoms with E-state index in [0.717, 1.165) is 38.2 Å². The normalized spacial score (nSPS) is 12.2. The van der Waals surface area contributed by atoms with Crippen molar-refractivity contribution < 1.29 is 18.3 Å². The fraction of sp³-hybridized carbons (Fsp3) is 0. The van der Waals surface area contributed by atoms with Gasteiger partial charge in [-0.1, -0.05) is 66.7 Å². The van der Waals surface area contributed by atoms with Crippen LogP contribution >= 0.6 is 0 Å². The molecule has 0 aliphatic carbocycles. The second kappa shape index (κ2) is 8.54. The van der Waals surface area contributed by atoms with Crippen LogP contribution in [-0.2, 0) is 0 Å². The second-order valence-electron chi connectivity index (χ2n) is 9.50.